The van der Waals surface area contributed by atoms with Crippen LogP contribution in [0.3, 0.4) is 0 Å². The average molecular weight is 542 g/mol. The molecule has 0 radical (unpaired) electrons. The van der Waals surface area contributed by atoms with Crippen LogP contribution in [-0.4, -0.2) is 30.1 Å². The Labute approximate surface area is 240 Å². The highest BCUT2D eigenvalue weighted by atomic mass is 15.1. The van der Waals surface area contributed by atoms with Crippen LogP contribution < -0.4 is 5.32 Å². The number of fused-ring (bicyclic) bond motifs is 2. The molecule has 0 saturated heterocycles. The Morgan fingerprint density at radius 1 is 1.10 bits per heavy atom. The highest BCUT2D eigenvalue weighted by molar-refractivity contribution is 5.97. The van der Waals surface area contributed by atoms with Gasteiger partial charge in [0, 0.05) is 34.7 Å². The van der Waals surface area contributed by atoms with Crippen molar-refractivity contribution in [2.24, 2.45) is 5.92 Å². The van der Waals surface area contributed by atoms with E-state index in [2.05, 4.69) is 62.9 Å². The van der Waals surface area contributed by atoms with Crippen molar-refractivity contribution in [2.75, 3.05) is 0 Å². The van der Waals surface area contributed by atoms with Gasteiger partial charge in [0.25, 0.3) is 0 Å². The minimum absolute atomic E-state index is 0.704. The van der Waals surface area contributed by atoms with E-state index < -0.39 is 0 Å². The summed E-state index contributed by atoms with van der Waals surface area (Å²) in [5.74, 6) is 1.42. The first-order valence-corrected chi connectivity index (χ1v) is 14.3. The van der Waals surface area contributed by atoms with E-state index in [4.69, 9.17) is 9.97 Å². The third-order valence-corrected chi connectivity index (χ3v) is 7.89. The summed E-state index contributed by atoms with van der Waals surface area (Å²) < 4.78 is 0. The van der Waals surface area contributed by atoms with Gasteiger partial charge < -0.3 is 10.3 Å². The smallest absolute Gasteiger partial charge is 0.159 e. The van der Waals surface area contributed by atoms with Crippen molar-refractivity contribution < 1.29 is 0 Å². The zero-order chi connectivity index (χ0) is 28.2. The molecule has 0 atom stereocenters. The standard InChI is InChI=1S/C34H35N7/c1-4-24(19-26(5-2)37-22(3)18-23-10-7-6-8-11-23)30-20-28-31(21-36-30)40-41-33(28)34-38-29-13-9-12-27(32(29)39-34)25-14-16-35-17-15-25/h4-5,9,12-17,19-21,23,37H,2-3,6-8,10-11,18H2,1H3,(H,38,39)(H,40,41)/b24-4+,26-19+. The van der Waals surface area contributed by atoms with E-state index in [9.17, 15) is 0 Å². The second-order valence-corrected chi connectivity index (χ2v) is 10.7. The van der Waals surface area contributed by atoms with Crippen LogP contribution in [0.25, 0.3) is 50.2 Å². The Morgan fingerprint density at radius 3 is 2.71 bits per heavy atom. The van der Waals surface area contributed by atoms with Gasteiger partial charge in [0.1, 0.15) is 5.69 Å². The van der Waals surface area contributed by atoms with Gasteiger partial charge in [0.15, 0.2) is 5.82 Å². The van der Waals surface area contributed by atoms with Crippen molar-refractivity contribution in [3.05, 3.63) is 103 Å². The molecule has 6 rings (SSSR count). The number of benzene rings is 1. The highest BCUT2D eigenvalue weighted by Crippen LogP contribution is 2.32. The number of aromatic amines is 2. The van der Waals surface area contributed by atoms with Gasteiger partial charge in [0.2, 0.25) is 0 Å². The molecule has 1 aromatic carbocycles. The van der Waals surface area contributed by atoms with Gasteiger partial charge >= 0.3 is 0 Å². The predicted octanol–water partition coefficient (Wildman–Crippen LogP) is 8.11. The molecule has 0 aliphatic heterocycles. The summed E-state index contributed by atoms with van der Waals surface area (Å²) in [6.07, 6.45) is 19.0. The molecule has 0 spiro atoms. The lowest BCUT2D eigenvalue weighted by atomic mass is 9.86. The summed E-state index contributed by atoms with van der Waals surface area (Å²) in [7, 11) is 0. The number of nitrogens with zero attached hydrogens (tertiary/aromatic N) is 4. The first-order valence-electron chi connectivity index (χ1n) is 14.3. The van der Waals surface area contributed by atoms with E-state index in [1.54, 1.807) is 12.4 Å². The third kappa shape index (κ3) is 5.61. The molecule has 206 valence electrons. The molecule has 41 heavy (non-hydrogen) atoms. The van der Waals surface area contributed by atoms with Gasteiger partial charge in [-0.3, -0.25) is 15.1 Å². The molecule has 0 amide bonds. The summed E-state index contributed by atoms with van der Waals surface area (Å²) in [6.45, 7) is 10.4. The van der Waals surface area contributed by atoms with Crippen LogP contribution in [0.4, 0.5) is 0 Å². The number of hydrogen-bond donors (Lipinski definition) is 3. The zero-order valence-electron chi connectivity index (χ0n) is 23.5. The number of nitrogens with one attached hydrogen (secondary N) is 3. The van der Waals surface area contributed by atoms with E-state index in [1.807, 2.05) is 43.5 Å². The van der Waals surface area contributed by atoms with Crippen LogP contribution >= 0.6 is 0 Å². The first-order chi connectivity index (χ1) is 20.1. The van der Waals surface area contributed by atoms with Gasteiger partial charge in [-0.15, -0.1) is 0 Å². The molecule has 4 aromatic heterocycles. The molecular weight excluding hydrogens is 506 g/mol. The SMILES string of the molecule is C=C/C(=C\C(=C/C)c1cc2c(-c3nc4c(-c5ccncc5)cccc4[nH]3)n[nH]c2cn1)NC(=C)CC1CCCCC1. The van der Waals surface area contributed by atoms with Crippen LogP contribution in [-0.2, 0) is 0 Å². The Kier molecular flexibility index (Phi) is 7.58. The van der Waals surface area contributed by atoms with Crippen LogP contribution in [0.1, 0.15) is 51.1 Å². The largest absolute Gasteiger partial charge is 0.359 e. The molecule has 7 heteroatoms. The normalized spacial score (nSPS) is 15.0. The number of para-hydroxylation sites is 1. The molecule has 1 aliphatic rings. The lowest BCUT2D eigenvalue weighted by molar-refractivity contribution is 0.353. The van der Waals surface area contributed by atoms with E-state index in [1.165, 1.54) is 32.1 Å². The summed E-state index contributed by atoms with van der Waals surface area (Å²) >= 11 is 0. The lowest BCUT2D eigenvalue weighted by Crippen LogP contribution is -2.16. The van der Waals surface area contributed by atoms with Crippen molar-refractivity contribution in [1.82, 2.24) is 35.5 Å². The van der Waals surface area contributed by atoms with E-state index in [-0.39, 0.29) is 0 Å². The Hall–Kier alpha value is -4.78. The first kappa shape index (κ1) is 26.4. The summed E-state index contributed by atoms with van der Waals surface area (Å²) in [5, 5.41) is 12.2. The number of H-pyrrole nitrogens is 2. The van der Waals surface area contributed by atoms with Gasteiger partial charge in [-0.2, -0.15) is 5.10 Å². The molecule has 1 saturated carbocycles. The minimum atomic E-state index is 0.704. The van der Waals surface area contributed by atoms with E-state index in [0.717, 1.165) is 73.8 Å². The maximum Gasteiger partial charge on any atom is 0.159 e. The maximum absolute atomic E-state index is 4.98. The molecule has 3 N–H and O–H groups in total. The minimum Gasteiger partial charge on any atom is -0.359 e. The zero-order valence-corrected chi connectivity index (χ0v) is 23.5. The van der Waals surface area contributed by atoms with E-state index >= 15 is 0 Å². The topological polar surface area (TPSA) is 95.2 Å². The predicted molar refractivity (Wildman–Crippen MR) is 168 cm³/mol. The van der Waals surface area contributed by atoms with Crippen LogP contribution in [0.15, 0.2) is 97.8 Å². The monoisotopic (exact) mass is 541 g/mol. The van der Waals surface area contributed by atoms with Crippen molar-refractivity contribution in [2.45, 2.75) is 45.4 Å². The molecule has 4 heterocycles. The quantitative estimate of drug-likeness (QED) is 0.164. The average Bonchev–Trinajstić information content (AvgIpc) is 3.64. The number of aromatic nitrogens is 6. The van der Waals surface area contributed by atoms with Gasteiger partial charge in [-0.25, -0.2) is 4.98 Å². The van der Waals surface area contributed by atoms with Crippen LogP contribution in [0.2, 0.25) is 0 Å². The lowest BCUT2D eigenvalue weighted by Gasteiger charge is -2.23. The van der Waals surface area contributed by atoms with Gasteiger partial charge in [-0.1, -0.05) is 63.5 Å². The van der Waals surface area contributed by atoms with Crippen molar-refractivity contribution in [3.63, 3.8) is 0 Å². The van der Waals surface area contributed by atoms with Crippen molar-refractivity contribution in [1.29, 1.82) is 0 Å². The van der Waals surface area contributed by atoms with Crippen molar-refractivity contribution >= 4 is 27.5 Å². The molecular formula is C34H35N7. The Bertz CT molecular complexity index is 1770. The fraction of sp³-hybridized carbons (Fsp3) is 0.235. The summed E-state index contributed by atoms with van der Waals surface area (Å²) in [5.41, 5.74) is 9.34. The second kappa shape index (κ2) is 11.8. The number of rotatable bonds is 9. The number of hydrogen-bond acceptors (Lipinski definition) is 5. The van der Waals surface area contributed by atoms with E-state index in [0.29, 0.717) is 5.82 Å². The molecule has 5 aromatic rings. The molecule has 0 unspecified atom stereocenters. The van der Waals surface area contributed by atoms with Crippen LogP contribution in [0.5, 0.6) is 0 Å². The Morgan fingerprint density at radius 2 is 1.93 bits per heavy atom. The van der Waals surface area contributed by atoms with Crippen LogP contribution in [0, 0.1) is 5.92 Å². The molecule has 7 nitrogen and oxygen atoms in total. The number of allylic oxidation sites excluding steroid dienone is 5. The molecule has 1 fully saturated rings. The number of pyridine rings is 2. The summed E-state index contributed by atoms with van der Waals surface area (Å²) in [4.78, 5) is 17.3. The third-order valence-electron chi connectivity index (χ3n) is 7.89. The highest BCUT2D eigenvalue weighted by Gasteiger charge is 2.17. The second-order valence-electron chi connectivity index (χ2n) is 10.7. The molecule has 0 bridgehead atoms. The molecule has 1 aliphatic carbocycles. The van der Waals surface area contributed by atoms with Crippen molar-refractivity contribution in [3.8, 4) is 22.6 Å². The maximum atomic E-state index is 4.98. The van der Waals surface area contributed by atoms with Gasteiger partial charge in [-0.05, 0) is 66.8 Å². The Balaban J connectivity index is 1.30. The fourth-order valence-corrected chi connectivity index (χ4v) is 5.78. The number of imidazole rings is 1. The fourth-order valence-electron chi connectivity index (χ4n) is 5.78. The van der Waals surface area contributed by atoms with Gasteiger partial charge in [0.05, 0.1) is 28.4 Å². The summed E-state index contributed by atoms with van der Waals surface area (Å²) in [6, 6.07) is 12.2.